The molecule has 2 aromatic rings. The van der Waals surface area contributed by atoms with Gasteiger partial charge in [-0.2, -0.15) is 0 Å². The zero-order chi connectivity index (χ0) is 18.9. The Hall–Kier alpha value is -2.33. The first-order valence-electron chi connectivity index (χ1n) is 9.86. The van der Waals surface area contributed by atoms with Gasteiger partial charge in [0, 0.05) is 31.7 Å². The molecule has 4 rings (SSSR count). The third-order valence-electron chi connectivity index (χ3n) is 6.29. The van der Waals surface area contributed by atoms with E-state index < -0.39 is 0 Å². The molecule has 1 spiro atoms. The Labute approximate surface area is 161 Å². The van der Waals surface area contributed by atoms with Gasteiger partial charge in [0.25, 0.3) is 5.91 Å². The number of benzene rings is 2. The molecule has 0 saturated carbocycles. The Bertz CT molecular complexity index is 797. The van der Waals surface area contributed by atoms with E-state index in [4.69, 9.17) is 0 Å². The fourth-order valence-electron chi connectivity index (χ4n) is 4.98. The molecule has 1 atom stereocenters. The van der Waals surface area contributed by atoms with Crippen LogP contribution in [0.15, 0.2) is 54.6 Å². The highest BCUT2D eigenvalue weighted by molar-refractivity contribution is 5.94. The molecular weight excluding hydrogens is 336 g/mol. The van der Waals surface area contributed by atoms with Crippen molar-refractivity contribution in [2.24, 2.45) is 5.41 Å². The molecule has 2 saturated heterocycles. The third-order valence-corrected chi connectivity index (χ3v) is 6.29. The number of hydrogen-bond acceptors (Lipinski definition) is 3. The summed E-state index contributed by atoms with van der Waals surface area (Å²) in [6.45, 7) is 3.82. The van der Waals surface area contributed by atoms with Crippen molar-refractivity contribution < 1.29 is 9.90 Å². The molecular formula is C23H28N2O2. The maximum absolute atomic E-state index is 12.8. The van der Waals surface area contributed by atoms with Gasteiger partial charge in [-0.3, -0.25) is 4.79 Å². The van der Waals surface area contributed by atoms with Crippen LogP contribution in [0, 0.1) is 5.41 Å². The molecule has 2 aliphatic rings. The minimum Gasteiger partial charge on any atom is -0.508 e. The van der Waals surface area contributed by atoms with Gasteiger partial charge in [-0.15, -0.1) is 0 Å². The summed E-state index contributed by atoms with van der Waals surface area (Å²) in [6.07, 6.45) is 3.30. The molecule has 0 radical (unpaired) electrons. The highest BCUT2D eigenvalue weighted by Crippen LogP contribution is 2.44. The average molecular weight is 364 g/mol. The van der Waals surface area contributed by atoms with Crippen LogP contribution < -0.4 is 0 Å². The van der Waals surface area contributed by atoms with Crippen molar-refractivity contribution in [3.8, 4) is 5.75 Å². The number of carbonyl (C=O) groups is 1. The summed E-state index contributed by atoms with van der Waals surface area (Å²) in [6, 6.07) is 17.5. The summed E-state index contributed by atoms with van der Waals surface area (Å²) in [5.74, 6) is 0.747. The zero-order valence-corrected chi connectivity index (χ0v) is 16.0. The monoisotopic (exact) mass is 364 g/mol. The standard InChI is InChI=1S/C23H28N2O2/c1-24-16-20(18-6-3-2-4-7-18)15-23(17-24)10-12-25(13-11-23)22(27)19-8-5-9-21(26)14-19/h2-9,14,20,26H,10-13,15-17H2,1H3/t20-/m1/s1. The fourth-order valence-corrected chi connectivity index (χ4v) is 4.98. The molecule has 1 N–H and O–H groups in total. The molecule has 142 valence electrons. The Balaban J connectivity index is 1.45. The van der Waals surface area contributed by atoms with Crippen LogP contribution in [0.4, 0.5) is 0 Å². The van der Waals surface area contributed by atoms with Gasteiger partial charge in [0.15, 0.2) is 0 Å². The van der Waals surface area contributed by atoms with Crippen molar-refractivity contribution in [1.29, 1.82) is 0 Å². The van der Waals surface area contributed by atoms with Crippen LogP contribution in [-0.4, -0.2) is 54.0 Å². The lowest BCUT2D eigenvalue weighted by molar-refractivity contribution is 0.0224. The van der Waals surface area contributed by atoms with Crippen molar-refractivity contribution in [2.75, 3.05) is 33.2 Å². The lowest BCUT2D eigenvalue weighted by atomic mass is 9.68. The summed E-state index contributed by atoms with van der Waals surface area (Å²) >= 11 is 0. The van der Waals surface area contributed by atoms with Gasteiger partial charge in [-0.1, -0.05) is 36.4 Å². The maximum atomic E-state index is 12.8. The average Bonchev–Trinajstić information content (AvgIpc) is 2.68. The van der Waals surface area contributed by atoms with Gasteiger partial charge >= 0.3 is 0 Å². The smallest absolute Gasteiger partial charge is 0.253 e. The van der Waals surface area contributed by atoms with Crippen molar-refractivity contribution in [3.63, 3.8) is 0 Å². The van der Waals surface area contributed by atoms with Crippen LogP contribution in [0.2, 0.25) is 0 Å². The Morgan fingerprint density at radius 3 is 2.52 bits per heavy atom. The molecule has 4 heteroatoms. The topological polar surface area (TPSA) is 43.8 Å². The van der Waals surface area contributed by atoms with E-state index in [2.05, 4.69) is 42.3 Å². The van der Waals surface area contributed by atoms with Gasteiger partial charge in [0.05, 0.1) is 0 Å². The second-order valence-corrected chi connectivity index (χ2v) is 8.35. The molecule has 0 aromatic heterocycles. The summed E-state index contributed by atoms with van der Waals surface area (Å²) in [5, 5.41) is 9.65. The molecule has 2 aliphatic heterocycles. The highest BCUT2D eigenvalue weighted by Gasteiger charge is 2.42. The van der Waals surface area contributed by atoms with Gasteiger partial charge in [-0.25, -0.2) is 0 Å². The molecule has 2 fully saturated rings. The number of rotatable bonds is 2. The quantitative estimate of drug-likeness (QED) is 0.883. The second-order valence-electron chi connectivity index (χ2n) is 8.35. The van der Waals surface area contributed by atoms with E-state index in [-0.39, 0.29) is 11.7 Å². The zero-order valence-electron chi connectivity index (χ0n) is 16.0. The number of amides is 1. The minimum atomic E-state index is 0.0320. The van der Waals surface area contributed by atoms with Crippen LogP contribution in [0.25, 0.3) is 0 Å². The number of hydrogen-bond donors (Lipinski definition) is 1. The predicted molar refractivity (Wildman–Crippen MR) is 107 cm³/mol. The van der Waals surface area contributed by atoms with E-state index in [0.29, 0.717) is 16.9 Å². The fraction of sp³-hybridized carbons (Fsp3) is 0.435. The number of phenols is 1. The first-order valence-corrected chi connectivity index (χ1v) is 9.86. The van der Waals surface area contributed by atoms with Gasteiger partial charge < -0.3 is 14.9 Å². The van der Waals surface area contributed by atoms with Crippen LogP contribution in [0.3, 0.4) is 0 Å². The Morgan fingerprint density at radius 2 is 1.81 bits per heavy atom. The van der Waals surface area contributed by atoms with Crippen LogP contribution in [0.5, 0.6) is 5.75 Å². The number of carbonyl (C=O) groups excluding carboxylic acids is 1. The Kier molecular flexibility index (Phi) is 4.92. The van der Waals surface area contributed by atoms with Crippen molar-refractivity contribution in [2.45, 2.75) is 25.2 Å². The number of aromatic hydroxyl groups is 1. The lowest BCUT2D eigenvalue weighted by Gasteiger charge is -2.49. The van der Waals surface area contributed by atoms with E-state index >= 15 is 0 Å². The number of nitrogens with zero attached hydrogens (tertiary/aromatic N) is 2. The van der Waals surface area contributed by atoms with Crippen molar-refractivity contribution >= 4 is 5.91 Å². The van der Waals surface area contributed by atoms with E-state index in [9.17, 15) is 9.90 Å². The predicted octanol–water partition coefficient (Wildman–Crippen LogP) is 3.73. The van der Waals surface area contributed by atoms with Crippen LogP contribution >= 0.6 is 0 Å². The number of likely N-dealkylation sites (tertiary alicyclic amines) is 2. The van der Waals surface area contributed by atoms with Crippen LogP contribution in [-0.2, 0) is 0 Å². The van der Waals surface area contributed by atoms with Gasteiger partial charge in [-0.05, 0) is 61.4 Å². The molecule has 2 aromatic carbocycles. The molecule has 1 amide bonds. The van der Waals surface area contributed by atoms with E-state index in [1.807, 2.05) is 4.90 Å². The first kappa shape index (κ1) is 18.1. The third kappa shape index (κ3) is 3.86. The van der Waals surface area contributed by atoms with E-state index in [1.165, 1.54) is 12.0 Å². The molecule has 27 heavy (non-hydrogen) atoms. The SMILES string of the molecule is CN1C[C@H](c2ccccc2)CC2(CCN(C(=O)c3cccc(O)c3)CC2)C1. The van der Waals surface area contributed by atoms with Gasteiger partial charge in [0.1, 0.15) is 5.75 Å². The van der Waals surface area contributed by atoms with Crippen LogP contribution in [0.1, 0.15) is 41.1 Å². The number of likely N-dealkylation sites (N-methyl/N-ethyl adjacent to an activating group) is 1. The Morgan fingerprint density at radius 1 is 1.07 bits per heavy atom. The minimum absolute atomic E-state index is 0.0320. The normalized spacial score (nSPS) is 22.7. The van der Waals surface area contributed by atoms with Crippen molar-refractivity contribution in [1.82, 2.24) is 9.80 Å². The largest absolute Gasteiger partial charge is 0.508 e. The number of phenolic OH excluding ortho intramolecular Hbond substituents is 1. The molecule has 0 aliphatic carbocycles. The summed E-state index contributed by atoms with van der Waals surface area (Å²) < 4.78 is 0. The van der Waals surface area contributed by atoms with E-state index in [1.54, 1.807) is 24.3 Å². The highest BCUT2D eigenvalue weighted by atomic mass is 16.3. The molecule has 0 unspecified atom stereocenters. The summed E-state index contributed by atoms with van der Waals surface area (Å²) in [4.78, 5) is 17.2. The number of piperidine rings is 2. The summed E-state index contributed by atoms with van der Waals surface area (Å²) in [7, 11) is 2.22. The van der Waals surface area contributed by atoms with Gasteiger partial charge in [0.2, 0.25) is 0 Å². The lowest BCUT2D eigenvalue weighted by Crippen LogP contribution is -2.51. The molecule has 0 bridgehead atoms. The summed E-state index contributed by atoms with van der Waals surface area (Å²) in [5.41, 5.74) is 2.30. The first-order chi connectivity index (χ1) is 13.0. The molecule has 4 nitrogen and oxygen atoms in total. The van der Waals surface area contributed by atoms with E-state index in [0.717, 1.165) is 39.0 Å². The second kappa shape index (κ2) is 7.35. The maximum Gasteiger partial charge on any atom is 0.253 e. The molecule has 2 heterocycles. The van der Waals surface area contributed by atoms with Crippen molar-refractivity contribution in [3.05, 3.63) is 65.7 Å².